The molecule has 5 heteroatoms. The van der Waals surface area contributed by atoms with Crippen LogP contribution in [-0.4, -0.2) is 10.1 Å². The van der Waals surface area contributed by atoms with Crippen LogP contribution < -0.4 is 0 Å². The molecule has 1 aromatic heterocycles. The van der Waals surface area contributed by atoms with Crippen LogP contribution in [0, 0.1) is 0 Å². The second-order valence-electron chi connectivity index (χ2n) is 3.05. The van der Waals surface area contributed by atoms with Crippen molar-refractivity contribution in [2.75, 3.05) is 0 Å². The van der Waals surface area contributed by atoms with Gasteiger partial charge in [0, 0.05) is 5.56 Å². The molecule has 0 amide bonds. The maximum absolute atomic E-state index is 5.99. The number of hydrogen-bond acceptors (Lipinski definition) is 3. The highest BCUT2D eigenvalue weighted by Crippen LogP contribution is 2.26. The lowest BCUT2D eigenvalue weighted by atomic mass is 10.2. The zero-order valence-corrected chi connectivity index (χ0v) is 9.46. The van der Waals surface area contributed by atoms with Gasteiger partial charge >= 0.3 is 0 Å². The molecule has 0 saturated heterocycles. The average molecular weight is 243 g/mol. The zero-order chi connectivity index (χ0) is 10.8. The summed E-state index contributed by atoms with van der Waals surface area (Å²) in [6.07, 6.45) is 0. The topological polar surface area (TPSA) is 38.9 Å². The number of benzene rings is 1. The Hall–Kier alpha value is -1.06. The summed E-state index contributed by atoms with van der Waals surface area (Å²) in [7, 11) is 0. The monoisotopic (exact) mass is 242 g/mol. The first kappa shape index (κ1) is 10.5. The van der Waals surface area contributed by atoms with Crippen LogP contribution in [0.25, 0.3) is 11.4 Å². The molecule has 78 valence electrons. The van der Waals surface area contributed by atoms with Crippen molar-refractivity contribution >= 4 is 23.2 Å². The van der Waals surface area contributed by atoms with Gasteiger partial charge in [-0.1, -0.05) is 28.9 Å². The fourth-order valence-corrected chi connectivity index (χ4v) is 1.46. The normalized spacial score (nSPS) is 12.7. The van der Waals surface area contributed by atoms with Crippen LogP contribution in [0.5, 0.6) is 0 Å². The summed E-state index contributed by atoms with van der Waals surface area (Å²) in [5.74, 6) is 0.856. The maximum atomic E-state index is 5.99. The third-order valence-electron chi connectivity index (χ3n) is 1.90. The van der Waals surface area contributed by atoms with Crippen LogP contribution >= 0.6 is 23.2 Å². The van der Waals surface area contributed by atoms with E-state index in [4.69, 9.17) is 27.7 Å². The smallest absolute Gasteiger partial charge is 0.244 e. The SMILES string of the molecule is CC(Cl)c1nc(-c2ccccc2Cl)no1. The highest BCUT2D eigenvalue weighted by molar-refractivity contribution is 6.33. The van der Waals surface area contributed by atoms with Crippen molar-refractivity contribution < 1.29 is 4.52 Å². The Bertz CT molecular complexity index is 468. The predicted octanol–water partition coefficient (Wildman–Crippen LogP) is 3.69. The maximum Gasteiger partial charge on any atom is 0.244 e. The minimum Gasteiger partial charge on any atom is -0.337 e. The molecule has 1 unspecified atom stereocenters. The lowest BCUT2D eigenvalue weighted by Crippen LogP contribution is -1.85. The second-order valence-corrected chi connectivity index (χ2v) is 4.11. The molecule has 0 saturated carbocycles. The van der Waals surface area contributed by atoms with Crippen LogP contribution in [0.15, 0.2) is 28.8 Å². The minimum absolute atomic E-state index is 0.297. The largest absolute Gasteiger partial charge is 0.337 e. The van der Waals surface area contributed by atoms with E-state index in [0.717, 1.165) is 5.56 Å². The Kier molecular flexibility index (Phi) is 2.93. The fraction of sp³-hybridized carbons (Fsp3) is 0.200. The van der Waals surface area contributed by atoms with Gasteiger partial charge in [-0.3, -0.25) is 0 Å². The van der Waals surface area contributed by atoms with E-state index < -0.39 is 0 Å². The van der Waals surface area contributed by atoms with E-state index in [2.05, 4.69) is 10.1 Å². The van der Waals surface area contributed by atoms with Gasteiger partial charge in [0.1, 0.15) is 5.38 Å². The highest BCUT2D eigenvalue weighted by atomic mass is 35.5. The predicted molar refractivity (Wildman–Crippen MR) is 59.0 cm³/mol. The van der Waals surface area contributed by atoms with Gasteiger partial charge in [0.25, 0.3) is 0 Å². The molecule has 0 N–H and O–H groups in total. The van der Waals surface area contributed by atoms with E-state index in [1.165, 1.54) is 0 Å². The van der Waals surface area contributed by atoms with Crippen molar-refractivity contribution in [3.63, 3.8) is 0 Å². The Morgan fingerprint density at radius 1 is 1.33 bits per heavy atom. The van der Waals surface area contributed by atoms with Gasteiger partial charge in [0.15, 0.2) is 0 Å². The molecule has 1 aromatic carbocycles. The summed E-state index contributed by atoms with van der Waals surface area (Å²) < 4.78 is 4.98. The molecule has 2 rings (SSSR count). The van der Waals surface area contributed by atoms with Crippen LogP contribution in [-0.2, 0) is 0 Å². The summed E-state index contributed by atoms with van der Waals surface area (Å²) >= 11 is 11.8. The molecule has 0 aliphatic carbocycles. The van der Waals surface area contributed by atoms with E-state index >= 15 is 0 Å². The number of halogens is 2. The molecular weight excluding hydrogens is 235 g/mol. The van der Waals surface area contributed by atoms with Crippen molar-refractivity contribution in [3.05, 3.63) is 35.2 Å². The van der Waals surface area contributed by atoms with Gasteiger partial charge < -0.3 is 4.52 Å². The molecule has 0 bridgehead atoms. The number of nitrogens with zero attached hydrogens (tertiary/aromatic N) is 2. The van der Waals surface area contributed by atoms with E-state index in [9.17, 15) is 0 Å². The van der Waals surface area contributed by atoms with Crippen LogP contribution in [0.3, 0.4) is 0 Å². The second kappa shape index (κ2) is 4.21. The number of aromatic nitrogens is 2. The Morgan fingerprint density at radius 2 is 2.07 bits per heavy atom. The standard InChI is InChI=1S/C10H8Cl2N2O/c1-6(11)10-13-9(14-15-10)7-4-2-3-5-8(7)12/h2-6H,1H3. The Labute approximate surface area is 97.0 Å². The third kappa shape index (κ3) is 2.13. The summed E-state index contributed by atoms with van der Waals surface area (Å²) in [6, 6.07) is 7.31. The van der Waals surface area contributed by atoms with Crippen molar-refractivity contribution in [2.45, 2.75) is 12.3 Å². The lowest BCUT2D eigenvalue weighted by molar-refractivity contribution is 0.379. The van der Waals surface area contributed by atoms with Crippen LogP contribution in [0.1, 0.15) is 18.2 Å². The van der Waals surface area contributed by atoms with Crippen LogP contribution in [0.2, 0.25) is 5.02 Å². The minimum atomic E-state index is -0.297. The quantitative estimate of drug-likeness (QED) is 0.755. The molecule has 1 atom stereocenters. The first-order valence-electron chi connectivity index (χ1n) is 4.41. The summed E-state index contributed by atoms with van der Waals surface area (Å²) in [4.78, 5) is 4.15. The first-order valence-corrected chi connectivity index (χ1v) is 5.22. The molecule has 3 nitrogen and oxygen atoms in total. The molecule has 1 heterocycles. The molecular formula is C10H8Cl2N2O. The molecule has 15 heavy (non-hydrogen) atoms. The van der Waals surface area contributed by atoms with Gasteiger partial charge in [0.2, 0.25) is 11.7 Å². The van der Waals surface area contributed by atoms with E-state index in [0.29, 0.717) is 16.7 Å². The average Bonchev–Trinajstić information content (AvgIpc) is 2.67. The van der Waals surface area contributed by atoms with Gasteiger partial charge in [0.05, 0.1) is 5.02 Å². The summed E-state index contributed by atoms with van der Waals surface area (Å²) in [5.41, 5.74) is 0.742. The molecule has 0 aliphatic heterocycles. The van der Waals surface area contributed by atoms with Gasteiger partial charge in [-0.05, 0) is 19.1 Å². The van der Waals surface area contributed by atoms with Gasteiger partial charge in [-0.15, -0.1) is 11.6 Å². The molecule has 2 aromatic rings. The first-order chi connectivity index (χ1) is 7.18. The Balaban J connectivity index is 2.42. The summed E-state index contributed by atoms with van der Waals surface area (Å²) in [6.45, 7) is 1.77. The molecule has 0 fully saturated rings. The van der Waals surface area contributed by atoms with E-state index in [-0.39, 0.29) is 5.38 Å². The fourth-order valence-electron chi connectivity index (χ4n) is 1.15. The highest BCUT2D eigenvalue weighted by Gasteiger charge is 2.14. The molecule has 0 radical (unpaired) electrons. The van der Waals surface area contributed by atoms with Crippen molar-refractivity contribution in [3.8, 4) is 11.4 Å². The van der Waals surface area contributed by atoms with E-state index in [1.54, 1.807) is 13.0 Å². The van der Waals surface area contributed by atoms with Crippen molar-refractivity contribution in [1.29, 1.82) is 0 Å². The van der Waals surface area contributed by atoms with E-state index in [1.807, 2.05) is 18.2 Å². The molecule has 0 spiro atoms. The number of alkyl halides is 1. The third-order valence-corrected chi connectivity index (χ3v) is 2.41. The van der Waals surface area contributed by atoms with Crippen LogP contribution in [0.4, 0.5) is 0 Å². The number of hydrogen-bond donors (Lipinski definition) is 0. The Morgan fingerprint density at radius 3 is 2.67 bits per heavy atom. The zero-order valence-electron chi connectivity index (χ0n) is 7.95. The van der Waals surface area contributed by atoms with Gasteiger partial charge in [-0.2, -0.15) is 4.98 Å². The lowest BCUT2D eigenvalue weighted by Gasteiger charge is -1.96. The number of rotatable bonds is 2. The molecule has 0 aliphatic rings. The summed E-state index contributed by atoms with van der Waals surface area (Å²) in [5, 5.41) is 4.11. The van der Waals surface area contributed by atoms with Crippen molar-refractivity contribution in [1.82, 2.24) is 10.1 Å². The van der Waals surface area contributed by atoms with Crippen molar-refractivity contribution in [2.24, 2.45) is 0 Å². The van der Waals surface area contributed by atoms with Gasteiger partial charge in [-0.25, -0.2) is 0 Å².